The van der Waals surface area contributed by atoms with Crippen LogP contribution < -0.4 is 15.2 Å². The summed E-state index contributed by atoms with van der Waals surface area (Å²) in [5.41, 5.74) is 6.78. The molecule has 2 rings (SSSR count). The Morgan fingerprint density at radius 3 is 2.47 bits per heavy atom. The first kappa shape index (κ1) is 13.7. The average molecular weight is 278 g/mol. The monoisotopic (exact) mass is 277 g/mol. The van der Waals surface area contributed by atoms with E-state index in [-0.39, 0.29) is 6.04 Å². The summed E-state index contributed by atoms with van der Waals surface area (Å²) in [6.45, 7) is 1.91. The van der Waals surface area contributed by atoms with Crippen LogP contribution in [-0.4, -0.2) is 7.11 Å². The van der Waals surface area contributed by atoms with Crippen LogP contribution >= 0.6 is 11.6 Å². The van der Waals surface area contributed by atoms with Crippen LogP contribution in [0.25, 0.3) is 0 Å². The van der Waals surface area contributed by atoms with Gasteiger partial charge in [-0.25, -0.2) is 0 Å². The van der Waals surface area contributed by atoms with E-state index in [0.29, 0.717) is 16.5 Å². The van der Waals surface area contributed by atoms with Crippen LogP contribution in [0, 0.1) is 0 Å². The molecular formula is C15H16ClNO2. The largest absolute Gasteiger partial charge is 0.497 e. The van der Waals surface area contributed by atoms with E-state index in [0.717, 1.165) is 11.3 Å². The van der Waals surface area contributed by atoms with E-state index in [1.54, 1.807) is 13.2 Å². The maximum Gasteiger partial charge on any atom is 0.146 e. The maximum absolute atomic E-state index is 6.19. The molecule has 19 heavy (non-hydrogen) atoms. The van der Waals surface area contributed by atoms with Crippen molar-refractivity contribution in [3.63, 3.8) is 0 Å². The number of nitrogens with two attached hydrogens (primary N) is 1. The van der Waals surface area contributed by atoms with Gasteiger partial charge in [0.2, 0.25) is 0 Å². The van der Waals surface area contributed by atoms with Gasteiger partial charge in [-0.3, -0.25) is 0 Å². The number of ether oxygens (including phenoxy) is 2. The molecular weight excluding hydrogens is 262 g/mol. The molecule has 1 unspecified atom stereocenters. The summed E-state index contributed by atoms with van der Waals surface area (Å²) >= 11 is 6.19. The number of hydrogen-bond donors (Lipinski definition) is 1. The second-order valence-electron chi connectivity index (χ2n) is 4.26. The Hall–Kier alpha value is -1.71. The topological polar surface area (TPSA) is 44.5 Å². The highest BCUT2D eigenvalue weighted by Gasteiger charge is 2.07. The third-order valence-electron chi connectivity index (χ3n) is 2.75. The van der Waals surface area contributed by atoms with Gasteiger partial charge in [0.1, 0.15) is 17.2 Å². The van der Waals surface area contributed by atoms with Crippen molar-refractivity contribution in [2.24, 2.45) is 5.73 Å². The highest BCUT2D eigenvalue weighted by Crippen LogP contribution is 2.32. The minimum atomic E-state index is -0.0524. The van der Waals surface area contributed by atoms with Crippen molar-refractivity contribution in [3.05, 3.63) is 53.1 Å². The van der Waals surface area contributed by atoms with Crippen molar-refractivity contribution in [2.45, 2.75) is 13.0 Å². The second-order valence-corrected chi connectivity index (χ2v) is 4.67. The highest BCUT2D eigenvalue weighted by atomic mass is 35.5. The molecule has 3 nitrogen and oxygen atoms in total. The van der Waals surface area contributed by atoms with Gasteiger partial charge in [0.25, 0.3) is 0 Å². The fourth-order valence-corrected chi connectivity index (χ4v) is 1.90. The van der Waals surface area contributed by atoms with Gasteiger partial charge in [0.15, 0.2) is 0 Å². The summed E-state index contributed by atoms with van der Waals surface area (Å²) in [5.74, 6) is 2.01. The molecule has 1 atom stereocenters. The normalized spacial score (nSPS) is 12.0. The van der Waals surface area contributed by atoms with E-state index in [1.807, 2.05) is 43.3 Å². The molecule has 0 amide bonds. The van der Waals surface area contributed by atoms with Crippen molar-refractivity contribution in [1.29, 1.82) is 0 Å². The number of rotatable bonds is 4. The van der Waals surface area contributed by atoms with E-state index < -0.39 is 0 Å². The van der Waals surface area contributed by atoms with E-state index in [9.17, 15) is 0 Å². The highest BCUT2D eigenvalue weighted by molar-refractivity contribution is 6.32. The predicted molar refractivity (Wildman–Crippen MR) is 77.1 cm³/mol. The summed E-state index contributed by atoms with van der Waals surface area (Å²) in [7, 11) is 1.61. The SMILES string of the molecule is COc1cccc(Oc2ccc(C(C)N)cc2Cl)c1. The number of benzene rings is 2. The minimum Gasteiger partial charge on any atom is -0.497 e. The van der Waals surface area contributed by atoms with Crippen molar-refractivity contribution >= 4 is 11.6 Å². The lowest BCUT2D eigenvalue weighted by molar-refractivity contribution is 0.409. The first-order chi connectivity index (χ1) is 9.10. The second kappa shape index (κ2) is 5.95. The Bertz CT molecular complexity index is 570. The molecule has 4 heteroatoms. The molecule has 0 radical (unpaired) electrons. The van der Waals surface area contributed by atoms with E-state index in [4.69, 9.17) is 26.8 Å². The fraction of sp³-hybridized carbons (Fsp3) is 0.200. The van der Waals surface area contributed by atoms with Crippen LogP contribution in [0.1, 0.15) is 18.5 Å². The van der Waals surface area contributed by atoms with Gasteiger partial charge in [-0.2, -0.15) is 0 Å². The predicted octanol–water partition coefficient (Wildman–Crippen LogP) is 4.16. The molecule has 0 aliphatic heterocycles. The Kier molecular flexibility index (Phi) is 4.30. The van der Waals surface area contributed by atoms with Crippen LogP contribution in [0.2, 0.25) is 5.02 Å². The lowest BCUT2D eigenvalue weighted by Crippen LogP contribution is -2.04. The average Bonchev–Trinajstić information content (AvgIpc) is 2.41. The molecule has 0 aliphatic carbocycles. The van der Waals surface area contributed by atoms with Gasteiger partial charge in [-0.15, -0.1) is 0 Å². The zero-order valence-corrected chi connectivity index (χ0v) is 11.6. The fourth-order valence-electron chi connectivity index (χ4n) is 1.67. The van der Waals surface area contributed by atoms with Crippen molar-refractivity contribution < 1.29 is 9.47 Å². The number of halogens is 1. The summed E-state index contributed by atoms with van der Waals surface area (Å²) in [6, 6.07) is 12.9. The minimum absolute atomic E-state index is 0.0524. The maximum atomic E-state index is 6.19. The zero-order chi connectivity index (χ0) is 13.8. The van der Waals surface area contributed by atoms with Gasteiger partial charge in [-0.05, 0) is 36.8 Å². The Morgan fingerprint density at radius 1 is 1.11 bits per heavy atom. The van der Waals surface area contributed by atoms with E-state index in [1.165, 1.54) is 0 Å². The van der Waals surface area contributed by atoms with E-state index >= 15 is 0 Å². The quantitative estimate of drug-likeness (QED) is 0.912. The smallest absolute Gasteiger partial charge is 0.146 e. The molecule has 0 aromatic heterocycles. The van der Waals surface area contributed by atoms with Crippen LogP contribution in [-0.2, 0) is 0 Å². The first-order valence-corrected chi connectivity index (χ1v) is 6.35. The van der Waals surface area contributed by atoms with Crippen LogP contribution in [0.3, 0.4) is 0 Å². The third kappa shape index (κ3) is 3.40. The lowest BCUT2D eigenvalue weighted by Gasteiger charge is -2.11. The molecule has 0 heterocycles. The van der Waals surface area contributed by atoms with Crippen LogP contribution in [0.5, 0.6) is 17.2 Å². The Balaban J connectivity index is 2.23. The lowest BCUT2D eigenvalue weighted by atomic mass is 10.1. The molecule has 0 saturated carbocycles. The van der Waals surface area contributed by atoms with Crippen LogP contribution in [0.15, 0.2) is 42.5 Å². The summed E-state index contributed by atoms with van der Waals surface area (Å²) < 4.78 is 10.9. The number of hydrogen-bond acceptors (Lipinski definition) is 3. The van der Waals surface area contributed by atoms with Crippen LogP contribution in [0.4, 0.5) is 0 Å². The van der Waals surface area contributed by atoms with Crippen molar-refractivity contribution in [2.75, 3.05) is 7.11 Å². The molecule has 0 aliphatic rings. The molecule has 0 fully saturated rings. The molecule has 0 spiro atoms. The molecule has 0 saturated heterocycles. The van der Waals surface area contributed by atoms with Gasteiger partial charge >= 0.3 is 0 Å². The summed E-state index contributed by atoms with van der Waals surface area (Å²) in [5, 5.41) is 0.539. The van der Waals surface area contributed by atoms with Gasteiger partial charge in [0, 0.05) is 12.1 Å². The number of methoxy groups -OCH3 is 1. The van der Waals surface area contributed by atoms with Crippen molar-refractivity contribution in [1.82, 2.24) is 0 Å². The molecule has 2 aromatic rings. The standard InChI is InChI=1S/C15H16ClNO2/c1-10(17)11-6-7-15(14(16)8-11)19-13-5-3-4-12(9-13)18-2/h3-10H,17H2,1-2H3. The Morgan fingerprint density at radius 2 is 1.84 bits per heavy atom. The van der Waals surface area contributed by atoms with Gasteiger partial charge in [0.05, 0.1) is 12.1 Å². The molecule has 0 bridgehead atoms. The first-order valence-electron chi connectivity index (χ1n) is 5.97. The molecule has 2 N–H and O–H groups in total. The van der Waals surface area contributed by atoms with Crippen molar-refractivity contribution in [3.8, 4) is 17.2 Å². The third-order valence-corrected chi connectivity index (χ3v) is 3.05. The molecule has 2 aromatic carbocycles. The molecule has 100 valence electrons. The van der Waals surface area contributed by atoms with Gasteiger partial charge < -0.3 is 15.2 Å². The van der Waals surface area contributed by atoms with E-state index in [2.05, 4.69) is 0 Å². The van der Waals surface area contributed by atoms with Gasteiger partial charge in [-0.1, -0.05) is 23.7 Å². The Labute approximate surface area is 117 Å². The summed E-state index contributed by atoms with van der Waals surface area (Å²) in [4.78, 5) is 0. The summed E-state index contributed by atoms with van der Waals surface area (Å²) in [6.07, 6.45) is 0. The zero-order valence-electron chi connectivity index (χ0n) is 10.9.